The molecule has 4 nitrogen and oxygen atoms in total. The first-order valence-corrected chi connectivity index (χ1v) is 9.59. The van der Waals surface area contributed by atoms with Crippen LogP contribution in [-0.2, 0) is 4.79 Å². The molecule has 0 saturated heterocycles. The average Bonchev–Trinajstić information content (AvgIpc) is 3.26. The largest absolute Gasteiger partial charge is 0.497 e. The number of benzene rings is 1. The predicted octanol–water partition coefficient (Wildman–Crippen LogP) is 4.92. The van der Waals surface area contributed by atoms with E-state index >= 15 is 0 Å². The lowest BCUT2D eigenvalue weighted by atomic mass is 9.82. The zero-order valence-corrected chi connectivity index (χ0v) is 15.6. The highest BCUT2D eigenvalue weighted by atomic mass is 16.5. The summed E-state index contributed by atoms with van der Waals surface area (Å²) < 4.78 is 7.47. The van der Waals surface area contributed by atoms with E-state index in [1.165, 1.54) is 30.4 Å². The number of allylic oxidation sites excluding steroid dienone is 2. The Bertz CT molecular complexity index is 826. The maximum Gasteiger partial charge on any atom is 0.138 e. The maximum absolute atomic E-state index is 13.0. The summed E-state index contributed by atoms with van der Waals surface area (Å²) in [7, 11) is 1.68. The Labute approximate surface area is 154 Å². The van der Waals surface area contributed by atoms with Gasteiger partial charge in [-0.2, -0.15) is 0 Å². The van der Waals surface area contributed by atoms with Gasteiger partial charge in [0.1, 0.15) is 11.5 Å². The van der Waals surface area contributed by atoms with E-state index in [9.17, 15) is 4.79 Å². The number of hydrogen-bond acceptors (Lipinski definition) is 3. The van der Waals surface area contributed by atoms with Gasteiger partial charge in [-0.05, 0) is 48.6 Å². The minimum Gasteiger partial charge on any atom is -0.497 e. The van der Waals surface area contributed by atoms with Gasteiger partial charge in [-0.3, -0.25) is 4.79 Å². The maximum atomic E-state index is 13.0. The van der Waals surface area contributed by atoms with E-state index < -0.39 is 0 Å². The smallest absolute Gasteiger partial charge is 0.138 e. The first-order valence-electron chi connectivity index (χ1n) is 9.59. The Hall–Kier alpha value is -2.36. The number of carbonyl (C=O) groups is 1. The number of imidazole rings is 1. The quantitative estimate of drug-likeness (QED) is 0.769. The number of fused-ring (bicyclic) bond motifs is 1. The molecule has 1 aliphatic carbocycles. The number of carbonyl (C=O) groups excluding carboxylic acids is 1. The van der Waals surface area contributed by atoms with Crippen LogP contribution < -0.4 is 4.74 Å². The fourth-order valence-electron chi connectivity index (χ4n) is 4.53. The minimum absolute atomic E-state index is 0.0512. The first kappa shape index (κ1) is 17.1. The number of rotatable bonds is 5. The fraction of sp³-hybridized carbons (Fsp3) is 0.455. The molecule has 0 amide bonds. The topological polar surface area (TPSA) is 44.1 Å². The van der Waals surface area contributed by atoms with E-state index in [2.05, 4.69) is 28.6 Å². The molecule has 26 heavy (non-hydrogen) atoms. The van der Waals surface area contributed by atoms with Crippen LogP contribution in [-0.4, -0.2) is 22.4 Å². The van der Waals surface area contributed by atoms with Crippen LogP contribution in [0.1, 0.15) is 62.7 Å². The molecule has 1 aromatic carbocycles. The van der Waals surface area contributed by atoms with Crippen LogP contribution in [0.15, 0.2) is 36.8 Å². The number of hydrogen-bond donors (Lipinski definition) is 0. The molecule has 136 valence electrons. The second-order valence-electron chi connectivity index (χ2n) is 7.47. The molecule has 1 atom stereocenters. The van der Waals surface area contributed by atoms with Gasteiger partial charge in [0, 0.05) is 12.3 Å². The van der Waals surface area contributed by atoms with E-state index in [4.69, 9.17) is 4.74 Å². The summed E-state index contributed by atoms with van der Waals surface area (Å²) in [5, 5.41) is 0. The molecule has 1 aliphatic heterocycles. The van der Waals surface area contributed by atoms with Gasteiger partial charge in [0.25, 0.3) is 0 Å². The molecule has 1 aromatic heterocycles. The number of aromatic nitrogens is 2. The minimum atomic E-state index is 0.0512. The van der Waals surface area contributed by atoms with Crippen molar-refractivity contribution in [3.8, 4) is 5.75 Å². The van der Waals surface area contributed by atoms with Gasteiger partial charge in [-0.1, -0.05) is 31.4 Å². The predicted molar refractivity (Wildman–Crippen MR) is 103 cm³/mol. The number of methoxy groups -OCH3 is 1. The molecule has 2 heterocycles. The van der Waals surface area contributed by atoms with Crippen molar-refractivity contribution in [1.82, 2.24) is 9.55 Å². The van der Waals surface area contributed by atoms with Crippen LogP contribution in [0.25, 0.3) is 11.1 Å². The molecule has 4 rings (SSSR count). The summed E-state index contributed by atoms with van der Waals surface area (Å²) in [5.41, 5.74) is 4.74. The lowest BCUT2D eigenvalue weighted by molar-refractivity contribution is -0.124. The van der Waals surface area contributed by atoms with E-state index in [1.807, 2.05) is 24.7 Å². The Kier molecular flexibility index (Phi) is 4.66. The highest BCUT2D eigenvalue weighted by molar-refractivity contribution is 5.96. The summed E-state index contributed by atoms with van der Waals surface area (Å²) in [4.78, 5) is 17.3. The highest BCUT2D eigenvalue weighted by Crippen LogP contribution is 2.44. The van der Waals surface area contributed by atoms with Crippen LogP contribution in [0.5, 0.6) is 5.75 Å². The third-order valence-corrected chi connectivity index (χ3v) is 5.98. The number of Topliss-reactive ketones (excluding diaryl/α,β-unsaturated/α-hetero) is 1. The van der Waals surface area contributed by atoms with E-state index in [-0.39, 0.29) is 12.0 Å². The second-order valence-corrected chi connectivity index (χ2v) is 7.47. The van der Waals surface area contributed by atoms with Crippen molar-refractivity contribution < 1.29 is 9.53 Å². The van der Waals surface area contributed by atoms with Crippen molar-refractivity contribution in [2.75, 3.05) is 7.11 Å². The molecule has 0 N–H and O–H groups in total. The third-order valence-electron chi connectivity index (χ3n) is 5.98. The van der Waals surface area contributed by atoms with Crippen molar-refractivity contribution in [3.05, 3.63) is 48.0 Å². The van der Waals surface area contributed by atoms with Crippen molar-refractivity contribution in [1.29, 1.82) is 0 Å². The summed E-state index contributed by atoms with van der Waals surface area (Å²) in [6.07, 6.45) is 10.1. The third kappa shape index (κ3) is 2.98. The standard InChI is InChI=1S/C22H26N2O2/c1-15-20-13-23-14-24(20)19(12-21(25)16-6-4-3-5-7-16)22(15)17-8-10-18(26-2)11-9-17/h8-11,13-14,16,19H,3-7,12H2,1-2H3. The Morgan fingerprint density at radius 1 is 1.19 bits per heavy atom. The zero-order valence-electron chi connectivity index (χ0n) is 15.6. The molecule has 1 saturated carbocycles. The molecule has 2 aliphatic rings. The van der Waals surface area contributed by atoms with Crippen LogP contribution >= 0.6 is 0 Å². The van der Waals surface area contributed by atoms with Crippen molar-refractivity contribution in [3.63, 3.8) is 0 Å². The molecular weight excluding hydrogens is 324 g/mol. The van der Waals surface area contributed by atoms with Gasteiger partial charge in [-0.15, -0.1) is 0 Å². The van der Waals surface area contributed by atoms with Gasteiger partial charge in [-0.25, -0.2) is 4.98 Å². The summed E-state index contributed by atoms with van der Waals surface area (Å²) in [5.74, 6) is 1.50. The molecule has 1 fully saturated rings. The van der Waals surface area contributed by atoms with Crippen LogP contribution in [0, 0.1) is 5.92 Å². The zero-order chi connectivity index (χ0) is 18.1. The number of ether oxygens (including phenoxy) is 1. The van der Waals surface area contributed by atoms with Crippen LogP contribution in [0.4, 0.5) is 0 Å². The van der Waals surface area contributed by atoms with Crippen LogP contribution in [0.2, 0.25) is 0 Å². The van der Waals surface area contributed by atoms with Gasteiger partial charge in [0.05, 0.1) is 31.4 Å². The second kappa shape index (κ2) is 7.10. The first-order chi connectivity index (χ1) is 12.7. The Morgan fingerprint density at radius 3 is 2.62 bits per heavy atom. The summed E-state index contributed by atoms with van der Waals surface area (Å²) in [6, 6.07) is 8.21. The summed E-state index contributed by atoms with van der Waals surface area (Å²) >= 11 is 0. The Morgan fingerprint density at radius 2 is 1.92 bits per heavy atom. The number of ketones is 1. The molecule has 0 bridgehead atoms. The Balaban J connectivity index is 1.65. The summed E-state index contributed by atoms with van der Waals surface area (Å²) in [6.45, 7) is 2.14. The van der Waals surface area contributed by atoms with Gasteiger partial charge in [0.2, 0.25) is 0 Å². The molecule has 4 heteroatoms. The van der Waals surface area contributed by atoms with E-state index in [0.717, 1.165) is 29.8 Å². The van der Waals surface area contributed by atoms with Crippen molar-refractivity contribution in [2.24, 2.45) is 5.92 Å². The highest BCUT2D eigenvalue weighted by Gasteiger charge is 2.33. The molecule has 2 aromatic rings. The van der Waals surface area contributed by atoms with Gasteiger partial charge in [0.15, 0.2) is 0 Å². The molecule has 0 spiro atoms. The molecular formula is C22H26N2O2. The SMILES string of the molecule is COc1ccc(C2=C(C)c3cncn3C2CC(=O)C2CCCCC2)cc1. The van der Waals surface area contributed by atoms with E-state index in [0.29, 0.717) is 12.2 Å². The van der Waals surface area contributed by atoms with Crippen molar-refractivity contribution in [2.45, 2.75) is 51.5 Å². The van der Waals surface area contributed by atoms with Crippen LogP contribution in [0.3, 0.4) is 0 Å². The van der Waals surface area contributed by atoms with Crippen molar-refractivity contribution >= 4 is 16.9 Å². The lowest BCUT2D eigenvalue weighted by Gasteiger charge is -2.24. The van der Waals surface area contributed by atoms with Gasteiger partial charge >= 0.3 is 0 Å². The molecule has 0 radical (unpaired) electrons. The van der Waals surface area contributed by atoms with E-state index in [1.54, 1.807) is 7.11 Å². The average molecular weight is 350 g/mol. The van der Waals surface area contributed by atoms with Gasteiger partial charge < -0.3 is 9.30 Å². The molecule has 1 unspecified atom stereocenters. The monoisotopic (exact) mass is 350 g/mol. The lowest BCUT2D eigenvalue weighted by Crippen LogP contribution is -2.21. The normalized spacial score (nSPS) is 20.3. The number of nitrogens with zero attached hydrogens (tertiary/aromatic N) is 2. The fourth-order valence-corrected chi connectivity index (χ4v) is 4.53.